The van der Waals surface area contributed by atoms with Crippen molar-refractivity contribution in [3.05, 3.63) is 96.2 Å². The highest BCUT2D eigenvalue weighted by atomic mass is 19.1. The van der Waals surface area contributed by atoms with Crippen molar-refractivity contribution in [2.24, 2.45) is 7.05 Å². The lowest BCUT2D eigenvalue weighted by Gasteiger charge is -2.14. The number of aryl methyl sites for hydroxylation is 2. The predicted octanol–water partition coefficient (Wildman–Crippen LogP) is 5.34. The number of aliphatic hydroxyl groups is 1. The number of nitrogens with zero attached hydrogens (tertiary/aromatic N) is 3. The molecule has 30 heavy (non-hydrogen) atoms. The van der Waals surface area contributed by atoms with Crippen LogP contribution in [0.2, 0.25) is 0 Å². The van der Waals surface area contributed by atoms with E-state index in [4.69, 9.17) is 0 Å². The molecule has 5 heteroatoms. The Morgan fingerprint density at radius 1 is 0.933 bits per heavy atom. The van der Waals surface area contributed by atoms with Crippen molar-refractivity contribution < 1.29 is 9.50 Å². The summed E-state index contributed by atoms with van der Waals surface area (Å²) in [4.78, 5) is 4.11. The Hall–Kier alpha value is -3.31. The van der Waals surface area contributed by atoms with Gasteiger partial charge in [0.05, 0.1) is 11.8 Å². The van der Waals surface area contributed by atoms with Crippen LogP contribution in [0.4, 0.5) is 4.39 Å². The predicted molar refractivity (Wildman–Crippen MR) is 116 cm³/mol. The van der Waals surface area contributed by atoms with Crippen LogP contribution in [0.15, 0.2) is 79.1 Å². The number of aromatic nitrogens is 3. The average molecular weight is 401 g/mol. The summed E-state index contributed by atoms with van der Waals surface area (Å²) in [5, 5.41) is 15.8. The lowest BCUT2D eigenvalue weighted by molar-refractivity contribution is 0.156. The van der Waals surface area contributed by atoms with E-state index < -0.39 is 6.10 Å². The molecular weight excluding hydrogens is 377 g/mol. The van der Waals surface area contributed by atoms with Crippen molar-refractivity contribution in [1.82, 2.24) is 14.8 Å². The lowest BCUT2D eigenvalue weighted by atomic mass is 9.95. The first-order chi connectivity index (χ1) is 14.6. The number of pyridine rings is 1. The zero-order valence-corrected chi connectivity index (χ0v) is 16.9. The Balaban J connectivity index is 1.67. The standard InChI is InChI=1S/C25H24FN3O/c1-29-25(22(30)9-5-8-18-6-3-2-4-7-18)23(19-14-16-27-17-15-19)24(28-29)20-10-12-21(26)13-11-20/h2-4,6-7,10-17,22,30H,5,8-9H2,1H3. The first kappa shape index (κ1) is 20.0. The van der Waals surface area contributed by atoms with Gasteiger partial charge >= 0.3 is 0 Å². The summed E-state index contributed by atoms with van der Waals surface area (Å²) in [6.07, 6.45) is 5.17. The van der Waals surface area contributed by atoms with Gasteiger partial charge in [0.25, 0.3) is 0 Å². The van der Waals surface area contributed by atoms with Crippen molar-refractivity contribution in [3.8, 4) is 22.4 Å². The van der Waals surface area contributed by atoms with Gasteiger partial charge in [-0.15, -0.1) is 0 Å². The van der Waals surface area contributed by atoms with E-state index in [9.17, 15) is 9.50 Å². The first-order valence-electron chi connectivity index (χ1n) is 10.1. The van der Waals surface area contributed by atoms with Gasteiger partial charge < -0.3 is 5.11 Å². The second-order valence-corrected chi connectivity index (χ2v) is 7.37. The zero-order valence-electron chi connectivity index (χ0n) is 16.9. The van der Waals surface area contributed by atoms with Gasteiger partial charge in [0.1, 0.15) is 11.5 Å². The van der Waals surface area contributed by atoms with Gasteiger partial charge in [-0.2, -0.15) is 5.10 Å². The fraction of sp³-hybridized carbons (Fsp3) is 0.200. The van der Waals surface area contributed by atoms with E-state index in [2.05, 4.69) is 22.2 Å². The van der Waals surface area contributed by atoms with Crippen LogP contribution >= 0.6 is 0 Å². The molecule has 0 bridgehead atoms. The van der Waals surface area contributed by atoms with Crippen LogP contribution in [0.25, 0.3) is 22.4 Å². The smallest absolute Gasteiger partial charge is 0.123 e. The third kappa shape index (κ3) is 4.31. The SMILES string of the molecule is Cn1nc(-c2ccc(F)cc2)c(-c2ccncc2)c1C(O)CCCc1ccccc1. The Bertz CT molecular complexity index is 1090. The monoisotopic (exact) mass is 401 g/mol. The molecule has 4 rings (SSSR count). The minimum atomic E-state index is -0.663. The number of hydrogen-bond acceptors (Lipinski definition) is 3. The molecule has 0 aliphatic rings. The minimum absolute atomic E-state index is 0.290. The summed E-state index contributed by atoms with van der Waals surface area (Å²) >= 11 is 0. The lowest BCUT2D eigenvalue weighted by Crippen LogP contribution is -2.07. The van der Waals surface area contributed by atoms with E-state index >= 15 is 0 Å². The maximum atomic E-state index is 13.4. The molecule has 4 nitrogen and oxygen atoms in total. The highest BCUT2D eigenvalue weighted by Crippen LogP contribution is 2.38. The fourth-order valence-electron chi connectivity index (χ4n) is 3.81. The van der Waals surface area contributed by atoms with Gasteiger partial charge in [0, 0.05) is 30.6 Å². The topological polar surface area (TPSA) is 50.9 Å². The van der Waals surface area contributed by atoms with Gasteiger partial charge in [-0.25, -0.2) is 4.39 Å². The third-order valence-electron chi connectivity index (χ3n) is 5.28. The first-order valence-corrected chi connectivity index (χ1v) is 10.1. The summed E-state index contributed by atoms with van der Waals surface area (Å²) in [5.41, 5.74) is 5.33. The van der Waals surface area contributed by atoms with Crippen molar-refractivity contribution in [3.63, 3.8) is 0 Å². The second kappa shape index (κ2) is 9.01. The molecule has 1 unspecified atom stereocenters. The number of benzene rings is 2. The minimum Gasteiger partial charge on any atom is -0.387 e. The van der Waals surface area contributed by atoms with E-state index in [1.54, 1.807) is 29.2 Å². The number of hydrogen-bond donors (Lipinski definition) is 1. The molecule has 0 amide bonds. The Labute approximate surface area is 175 Å². The van der Waals surface area contributed by atoms with Crippen LogP contribution < -0.4 is 0 Å². The van der Waals surface area contributed by atoms with Gasteiger partial charge in [-0.05, 0) is 66.8 Å². The van der Waals surface area contributed by atoms with Crippen LogP contribution in [-0.4, -0.2) is 19.9 Å². The largest absolute Gasteiger partial charge is 0.387 e. The van der Waals surface area contributed by atoms with Crippen molar-refractivity contribution in [2.75, 3.05) is 0 Å². The molecule has 0 aliphatic carbocycles. The van der Waals surface area contributed by atoms with Gasteiger partial charge in [0.2, 0.25) is 0 Å². The molecule has 0 saturated carbocycles. The van der Waals surface area contributed by atoms with E-state index in [-0.39, 0.29) is 5.82 Å². The Morgan fingerprint density at radius 3 is 2.33 bits per heavy atom. The van der Waals surface area contributed by atoms with Gasteiger partial charge in [-0.3, -0.25) is 9.67 Å². The summed E-state index contributed by atoms with van der Waals surface area (Å²) in [6, 6.07) is 20.4. The molecule has 0 aliphatic heterocycles. The van der Waals surface area contributed by atoms with Crippen LogP contribution in [0.1, 0.15) is 30.2 Å². The van der Waals surface area contributed by atoms with E-state index in [1.165, 1.54) is 17.7 Å². The highest BCUT2D eigenvalue weighted by Gasteiger charge is 2.24. The van der Waals surface area contributed by atoms with Gasteiger partial charge in [0.15, 0.2) is 0 Å². The Kier molecular flexibility index (Phi) is 6.00. The van der Waals surface area contributed by atoms with Crippen molar-refractivity contribution in [2.45, 2.75) is 25.4 Å². The van der Waals surface area contributed by atoms with Crippen molar-refractivity contribution >= 4 is 0 Å². The molecule has 1 N–H and O–H groups in total. The maximum Gasteiger partial charge on any atom is 0.123 e. The summed E-state index contributed by atoms with van der Waals surface area (Å²) in [5.74, 6) is -0.290. The molecule has 1 atom stereocenters. The molecule has 2 aromatic heterocycles. The van der Waals surface area contributed by atoms with Crippen LogP contribution in [0.5, 0.6) is 0 Å². The maximum absolute atomic E-state index is 13.4. The van der Waals surface area contributed by atoms with E-state index in [0.717, 1.165) is 40.9 Å². The highest BCUT2D eigenvalue weighted by molar-refractivity contribution is 5.82. The van der Waals surface area contributed by atoms with Gasteiger partial charge in [-0.1, -0.05) is 30.3 Å². The third-order valence-corrected chi connectivity index (χ3v) is 5.28. The molecule has 2 heterocycles. The fourth-order valence-corrected chi connectivity index (χ4v) is 3.81. The van der Waals surface area contributed by atoms with Crippen molar-refractivity contribution in [1.29, 1.82) is 0 Å². The number of halogens is 1. The quantitative estimate of drug-likeness (QED) is 0.454. The molecule has 2 aromatic carbocycles. The Morgan fingerprint density at radius 2 is 1.63 bits per heavy atom. The normalized spacial score (nSPS) is 12.1. The molecule has 0 saturated heterocycles. The number of aliphatic hydroxyl groups excluding tert-OH is 1. The molecule has 0 radical (unpaired) electrons. The van der Waals surface area contributed by atoms with E-state index in [0.29, 0.717) is 6.42 Å². The van der Waals surface area contributed by atoms with E-state index in [1.807, 2.05) is 37.4 Å². The molecule has 0 spiro atoms. The molecule has 4 aromatic rings. The molecule has 0 fully saturated rings. The summed E-state index contributed by atoms with van der Waals surface area (Å²) in [6.45, 7) is 0. The molecular formula is C25H24FN3O. The van der Waals surface area contributed by atoms with Crippen LogP contribution in [-0.2, 0) is 13.5 Å². The number of rotatable bonds is 7. The second-order valence-electron chi connectivity index (χ2n) is 7.37. The van der Waals surface area contributed by atoms with Crippen LogP contribution in [0.3, 0.4) is 0 Å². The zero-order chi connectivity index (χ0) is 20.9. The summed E-state index contributed by atoms with van der Waals surface area (Å²) < 4.78 is 15.2. The average Bonchev–Trinajstić information content (AvgIpc) is 3.12. The summed E-state index contributed by atoms with van der Waals surface area (Å²) in [7, 11) is 1.84. The molecule has 152 valence electrons. The van der Waals surface area contributed by atoms with Crippen LogP contribution in [0, 0.1) is 5.82 Å².